The zero-order chi connectivity index (χ0) is 15.6. The summed E-state index contributed by atoms with van der Waals surface area (Å²) in [5.74, 6) is -1.41. The lowest BCUT2D eigenvalue weighted by Crippen LogP contribution is -2.13. The molecule has 0 bridgehead atoms. The molecule has 0 atom stereocenters. The van der Waals surface area contributed by atoms with Crippen LogP contribution in [0.25, 0.3) is 0 Å². The van der Waals surface area contributed by atoms with Crippen molar-refractivity contribution in [3.8, 4) is 0 Å². The van der Waals surface area contributed by atoms with Crippen LogP contribution in [0.3, 0.4) is 0 Å². The van der Waals surface area contributed by atoms with E-state index in [1.807, 2.05) is 0 Å². The molecule has 0 fully saturated rings. The van der Waals surface area contributed by atoms with E-state index < -0.39 is 23.5 Å². The minimum atomic E-state index is -4.47. The summed E-state index contributed by atoms with van der Waals surface area (Å²) in [7, 11) is 1.20. The molecule has 2 rings (SSSR count). The topological polar surface area (TPSA) is 29.9 Å². The predicted octanol–water partition coefficient (Wildman–Crippen LogP) is 3.01. The fraction of sp³-hybridized carbons (Fsp3) is 0.308. The number of nitrogens with zero attached hydrogens (tertiary/aromatic N) is 2. The van der Waals surface area contributed by atoms with Gasteiger partial charge in [-0.2, -0.15) is 18.3 Å². The Bertz CT molecular complexity index is 613. The SMILES string of the molecule is Cn1nc(CNCc2cc(F)cc(F)c2)cc1C(F)(F)F. The quantitative estimate of drug-likeness (QED) is 0.880. The van der Waals surface area contributed by atoms with Crippen molar-refractivity contribution in [1.82, 2.24) is 15.1 Å². The molecule has 0 saturated carbocycles. The first-order chi connectivity index (χ1) is 9.75. The molecule has 0 aliphatic heterocycles. The monoisotopic (exact) mass is 305 g/mol. The summed E-state index contributed by atoms with van der Waals surface area (Å²) in [5, 5.41) is 6.52. The van der Waals surface area contributed by atoms with Gasteiger partial charge in [0, 0.05) is 26.2 Å². The molecule has 1 heterocycles. The summed E-state index contributed by atoms with van der Waals surface area (Å²) in [5.41, 5.74) is -0.294. The lowest BCUT2D eigenvalue weighted by atomic mass is 10.2. The molecule has 0 spiro atoms. The average molecular weight is 305 g/mol. The molecular formula is C13H12F5N3. The first-order valence-corrected chi connectivity index (χ1v) is 6.01. The maximum absolute atomic E-state index is 13.0. The molecule has 1 N–H and O–H groups in total. The van der Waals surface area contributed by atoms with E-state index >= 15 is 0 Å². The smallest absolute Gasteiger partial charge is 0.307 e. The molecule has 0 amide bonds. The number of aryl methyl sites for hydroxylation is 1. The zero-order valence-electron chi connectivity index (χ0n) is 11.0. The van der Waals surface area contributed by atoms with Crippen LogP contribution in [0.2, 0.25) is 0 Å². The van der Waals surface area contributed by atoms with Crippen LogP contribution < -0.4 is 5.32 Å². The molecule has 1 aromatic carbocycles. The molecule has 1 aromatic heterocycles. The number of hydrogen-bond acceptors (Lipinski definition) is 2. The molecular weight excluding hydrogens is 293 g/mol. The van der Waals surface area contributed by atoms with E-state index in [0.717, 1.165) is 28.9 Å². The second-order valence-corrected chi connectivity index (χ2v) is 4.52. The maximum Gasteiger partial charge on any atom is 0.433 e. The standard InChI is InChI=1S/C13H12F5N3/c1-21-12(13(16,17)18)5-11(20-21)7-19-6-8-2-9(14)4-10(15)3-8/h2-5,19H,6-7H2,1H3. The zero-order valence-corrected chi connectivity index (χ0v) is 11.0. The van der Waals surface area contributed by atoms with Crippen molar-refractivity contribution in [2.75, 3.05) is 0 Å². The Morgan fingerprint density at radius 1 is 1.05 bits per heavy atom. The molecule has 0 aliphatic rings. The predicted molar refractivity (Wildman–Crippen MR) is 65.1 cm³/mol. The molecule has 8 heteroatoms. The molecule has 0 aliphatic carbocycles. The summed E-state index contributed by atoms with van der Waals surface area (Å²) >= 11 is 0. The Morgan fingerprint density at radius 2 is 1.67 bits per heavy atom. The lowest BCUT2D eigenvalue weighted by molar-refractivity contribution is -0.143. The molecule has 0 saturated heterocycles. The van der Waals surface area contributed by atoms with Gasteiger partial charge in [-0.05, 0) is 23.8 Å². The number of hydrogen-bond donors (Lipinski definition) is 1. The Hall–Kier alpha value is -1.96. The van der Waals surface area contributed by atoms with Crippen LogP contribution in [-0.4, -0.2) is 9.78 Å². The van der Waals surface area contributed by atoms with Crippen molar-refractivity contribution in [3.05, 3.63) is 52.9 Å². The van der Waals surface area contributed by atoms with E-state index in [0.29, 0.717) is 5.56 Å². The number of nitrogens with one attached hydrogen (secondary N) is 1. The second-order valence-electron chi connectivity index (χ2n) is 4.52. The highest BCUT2D eigenvalue weighted by Gasteiger charge is 2.34. The van der Waals surface area contributed by atoms with Gasteiger partial charge in [0.1, 0.15) is 17.3 Å². The minimum Gasteiger partial charge on any atom is -0.307 e. The van der Waals surface area contributed by atoms with Crippen molar-refractivity contribution < 1.29 is 22.0 Å². The van der Waals surface area contributed by atoms with E-state index in [4.69, 9.17) is 0 Å². The van der Waals surface area contributed by atoms with Crippen molar-refractivity contribution in [2.45, 2.75) is 19.3 Å². The summed E-state index contributed by atoms with van der Waals surface area (Å²) in [6.07, 6.45) is -4.47. The van der Waals surface area contributed by atoms with Gasteiger partial charge in [0.2, 0.25) is 0 Å². The Balaban J connectivity index is 1.98. The van der Waals surface area contributed by atoms with E-state index in [9.17, 15) is 22.0 Å². The van der Waals surface area contributed by atoms with Crippen LogP contribution in [0.4, 0.5) is 22.0 Å². The van der Waals surface area contributed by atoms with Crippen molar-refractivity contribution >= 4 is 0 Å². The third kappa shape index (κ3) is 4.01. The molecule has 2 aromatic rings. The molecule has 0 unspecified atom stereocenters. The summed E-state index contributed by atoms with van der Waals surface area (Å²) in [6, 6.07) is 3.97. The van der Waals surface area contributed by atoms with Gasteiger partial charge in [-0.1, -0.05) is 0 Å². The molecule has 0 radical (unpaired) electrons. The fourth-order valence-electron chi connectivity index (χ4n) is 1.93. The molecule has 3 nitrogen and oxygen atoms in total. The average Bonchev–Trinajstić information content (AvgIpc) is 2.69. The van der Waals surface area contributed by atoms with Gasteiger partial charge < -0.3 is 5.32 Å². The highest BCUT2D eigenvalue weighted by atomic mass is 19.4. The third-order valence-electron chi connectivity index (χ3n) is 2.78. The summed E-state index contributed by atoms with van der Waals surface area (Å²) in [4.78, 5) is 0. The van der Waals surface area contributed by atoms with Gasteiger partial charge in [0.25, 0.3) is 0 Å². The Labute approximate surface area is 117 Å². The molecule has 114 valence electrons. The third-order valence-corrected chi connectivity index (χ3v) is 2.78. The second kappa shape index (κ2) is 5.80. The van der Waals surface area contributed by atoms with Crippen LogP contribution in [0, 0.1) is 11.6 Å². The van der Waals surface area contributed by atoms with Gasteiger partial charge >= 0.3 is 6.18 Å². The van der Waals surface area contributed by atoms with Gasteiger partial charge in [-0.25, -0.2) is 8.78 Å². The van der Waals surface area contributed by atoms with Gasteiger partial charge in [0.15, 0.2) is 0 Å². The highest BCUT2D eigenvalue weighted by molar-refractivity contribution is 5.18. The van der Waals surface area contributed by atoms with E-state index in [1.165, 1.54) is 7.05 Å². The van der Waals surface area contributed by atoms with Crippen molar-refractivity contribution in [1.29, 1.82) is 0 Å². The Kier molecular flexibility index (Phi) is 4.26. The largest absolute Gasteiger partial charge is 0.433 e. The number of rotatable bonds is 4. The maximum atomic E-state index is 13.0. The number of halogens is 5. The van der Waals surface area contributed by atoms with Crippen LogP contribution in [0.5, 0.6) is 0 Å². The number of aromatic nitrogens is 2. The first-order valence-electron chi connectivity index (χ1n) is 6.01. The number of alkyl halides is 3. The van der Waals surface area contributed by atoms with Crippen molar-refractivity contribution in [3.63, 3.8) is 0 Å². The van der Waals surface area contributed by atoms with Crippen molar-refractivity contribution in [2.24, 2.45) is 7.05 Å². The summed E-state index contributed by atoms with van der Waals surface area (Å²) < 4.78 is 64.4. The van der Waals surface area contributed by atoms with Crippen LogP contribution in [-0.2, 0) is 26.3 Å². The van der Waals surface area contributed by atoms with Gasteiger partial charge in [0.05, 0.1) is 5.69 Å². The van der Waals surface area contributed by atoms with E-state index in [1.54, 1.807) is 0 Å². The fourth-order valence-corrected chi connectivity index (χ4v) is 1.93. The molecule has 21 heavy (non-hydrogen) atoms. The normalized spacial score (nSPS) is 11.9. The van der Waals surface area contributed by atoms with E-state index in [2.05, 4.69) is 10.4 Å². The Morgan fingerprint density at radius 3 is 2.19 bits per heavy atom. The summed E-state index contributed by atoms with van der Waals surface area (Å²) in [6.45, 7) is 0.175. The van der Waals surface area contributed by atoms with Crippen LogP contribution in [0.15, 0.2) is 24.3 Å². The minimum absolute atomic E-state index is 0.0576. The highest BCUT2D eigenvalue weighted by Crippen LogP contribution is 2.29. The number of benzene rings is 1. The van der Waals surface area contributed by atoms with Crippen LogP contribution >= 0.6 is 0 Å². The van der Waals surface area contributed by atoms with Crippen LogP contribution in [0.1, 0.15) is 17.0 Å². The van der Waals surface area contributed by atoms with E-state index in [-0.39, 0.29) is 18.8 Å². The first kappa shape index (κ1) is 15.4. The van der Waals surface area contributed by atoms with Gasteiger partial charge in [-0.15, -0.1) is 0 Å². The lowest BCUT2D eigenvalue weighted by Gasteiger charge is -2.04. The van der Waals surface area contributed by atoms with Gasteiger partial charge in [-0.3, -0.25) is 4.68 Å².